The Labute approximate surface area is 85.8 Å². The summed E-state index contributed by atoms with van der Waals surface area (Å²) >= 11 is 0. The van der Waals surface area contributed by atoms with Crippen molar-refractivity contribution in [3.63, 3.8) is 0 Å². The van der Waals surface area contributed by atoms with Crippen LogP contribution in [0, 0.1) is 0 Å². The smallest absolute Gasteiger partial charge is 0.224 e. The van der Waals surface area contributed by atoms with Crippen LogP contribution in [0.4, 0.5) is 0 Å². The Bertz CT molecular complexity index is 235. The third kappa shape index (κ3) is 3.39. The third-order valence-electron chi connectivity index (χ3n) is 2.42. The quantitative estimate of drug-likeness (QED) is 0.564. The maximum absolute atomic E-state index is 11.5. The number of hydrogen-bond acceptors (Lipinski definition) is 4. The molecule has 14 heavy (non-hydrogen) atoms. The minimum absolute atomic E-state index is 0.0196. The molecule has 2 radical (unpaired) electrons. The molecule has 4 nitrogen and oxygen atoms in total. The van der Waals surface area contributed by atoms with Gasteiger partial charge in [-0.15, -0.1) is 0 Å². The van der Waals surface area contributed by atoms with Gasteiger partial charge >= 0.3 is 0 Å². The second-order valence-corrected chi connectivity index (χ2v) is 6.48. The summed E-state index contributed by atoms with van der Waals surface area (Å²) in [6.07, 6.45) is 0.365. The first-order valence-electron chi connectivity index (χ1n) is 4.62. The van der Waals surface area contributed by atoms with Crippen molar-refractivity contribution in [3.05, 3.63) is 0 Å². The molecule has 1 saturated carbocycles. The van der Waals surface area contributed by atoms with Crippen LogP contribution in [-0.2, 0) is 13.8 Å². The lowest BCUT2D eigenvalue weighted by Crippen LogP contribution is -2.23. The molecule has 0 saturated heterocycles. The molecule has 0 aromatic rings. The van der Waals surface area contributed by atoms with Crippen LogP contribution in [0.5, 0.6) is 0 Å². The summed E-state index contributed by atoms with van der Waals surface area (Å²) in [5.41, 5.74) is 0. The Kier molecular flexibility index (Phi) is 4.20. The fourth-order valence-electron chi connectivity index (χ4n) is 1.48. The van der Waals surface area contributed by atoms with Crippen LogP contribution >= 0.6 is 7.37 Å². The second-order valence-electron chi connectivity index (χ2n) is 3.83. The van der Waals surface area contributed by atoms with Gasteiger partial charge in [0, 0.05) is 13.8 Å². The van der Waals surface area contributed by atoms with Crippen molar-refractivity contribution in [1.82, 2.24) is 0 Å². The number of ether oxygens (including phenoxy) is 1. The van der Waals surface area contributed by atoms with E-state index < -0.39 is 13.5 Å². The lowest BCUT2D eigenvalue weighted by molar-refractivity contribution is -0.00185. The summed E-state index contributed by atoms with van der Waals surface area (Å²) in [5.74, 6) is -0.0196. The van der Waals surface area contributed by atoms with Crippen LogP contribution in [-0.4, -0.2) is 45.3 Å². The maximum Gasteiger partial charge on any atom is 0.224 e. The minimum Gasteiger partial charge on any atom is -0.390 e. The van der Waals surface area contributed by atoms with Crippen molar-refractivity contribution in [1.29, 1.82) is 0 Å². The van der Waals surface area contributed by atoms with Crippen LogP contribution < -0.4 is 0 Å². The van der Waals surface area contributed by atoms with E-state index in [1.165, 1.54) is 13.8 Å². The number of rotatable bonds is 4. The SMILES string of the molecule is [B]C1CC(O)C(OCP(C)(=O)OC)C1. The van der Waals surface area contributed by atoms with E-state index in [2.05, 4.69) is 0 Å². The molecule has 0 bridgehead atoms. The zero-order valence-electron chi connectivity index (χ0n) is 8.55. The predicted molar refractivity (Wildman–Crippen MR) is 55.0 cm³/mol. The highest BCUT2D eigenvalue weighted by molar-refractivity contribution is 7.57. The highest BCUT2D eigenvalue weighted by Crippen LogP contribution is 2.42. The summed E-state index contributed by atoms with van der Waals surface area (Å²) < 4.78 is 21.6. The van der Waals surface area contributed by atoms with Gasteiger partial charge in [0.25, 0.3) is 0 Å². The first-order chi connectivity index (χ1) is 6.44. The molecule has 1 aliphatic rings. The summed E-state index contributed by atoms with van der Waals surface area (Å²) in [7, 11) is 4.39. The van der Waals surface area contributed by atoms with Gasteiger partial charge in [0.2, 0.25) is 7.37 Å². The first kappa shape index (κ1) is 12.2. The molecule has 1 N–H and O–H groups in total. The average molecular weight is 218 g/mol. The van der Waals surface area contributed by atoms with Crippen molar-refractivity contribution in [3.8, 4) is 0 Å². The van der Waals surface area contributed by atoms with Gasteiger partial charge in [-0.25, -0.2) is 0 Å². The zero-order valence-corrected chi connectivity index (χ0v) is 9.44. The average Bonchev–Trinajstić information content (AvgIpc) is 2.42. The molecule has 0 aromatic heterocycles. The van der Waals surface area contributed by atoms with E-state index in [9.17, 15) is 9.67 Å². The molecule has 0 aromatic carbocycles. The van der Waals surface area contributed by atoms with Gasteiger partial charge in [-0.1, -0.05) is 5.82 Å². The molecule has 0 aliphatic heterocycles. The molecule has 4 unspecified atom stereocenters. The van der Waals surface area contributed by atoms with E-state index in [1.54, 1.807) is 0 Å². The van der Waals surface area contributed by atoms with Crippen molar-refractivity contribution in [2.24, 2.45) is 0 Å². The van der Waals surface area contributed by atoms with Gasteiger partial charge in [0.15, 0.2) is 0 Å². The van der Waals surface area contributed by atoms with E-state index in [1.807, 2.05) is 0 Å². The third-order valence-corrected chi connectivity index (χ3v) is 3.81. The molecule has 80 valence electrons. The van der Waals surface area contributed by atoms with E-state index in [4.69, 9.17) is 17.1 Å². The van der Waals surface area contributed by atoms with E-state index in [-0.39, 0.29) is 18.3 Å². The molecule has 0 heterocycles. The Balaban J connectivity index is 2.35. The second kappa shape index (κ2) is 4.80. The number of aliphatic hydroxyl groups excluding tert-OH is 1. The molecular formula is C8H16BO4P. The largest absolute Gasteiger partial charge is 0.390 e. The topological polar surface area (TPSA) is 55.8 Å². The van der Waals surface area contributed by atoms with Crippen LogP contribution in [0.25, 0.3) is 0 Å². The van der Waals surface area contributed by atoms with Gasteiger partial charge < -0.3 is 14.4 Å². The molecule has 4 atom stereocenters. The molecule has 1 fully saturated rings. The zero-order chi connectivity index (χ0) is 10.8. The van der Waals surface area contributed by atoms with Crippen LogP contribution in [0.2, 0.25) is 5.82 Å². The van der Waals surface area contributed by atoms with Crippen molar-refractivity contribution in [2.75, 3.05) is 20.1 Å². The monoisotopic (exact) mass is 218 g/mol. The number of hydrogen-bond donors (Lipinski definition) is 1. The lowest BCUT2D eigenvalue weighted by Gasteiger charge is -2.18. The fourth-order valence-corrected chi connectivity index (χ4v) is 2.04. The van der Waals surface area contributed by atoms with Gasteiger partial charge in [0.1, 0.15) is 6.35 Å². The summed E-state index contributed by atoms with van der Waals surface area (Å²) in [6.45, 7) is 1.51. The number of aliphatic hydroxyl groups is 1. The van der Waals surface area contributed by atoms with E-state index in [0.29, 0.717) is 12.8 Å². The standard InChI is InChI=1S/C8H16BO4P/c1-12-14(2,11)5-13-8-4-6(9)3-7(8)10/h6-8,10H,3-5H2,1-2H3. The molecule has 0 spiro atoms. The van der Waals surface area contributed by atoms with E-state index >= 15 is 0 Å². The minimum atomic E-state index is -2.65. The fraction of sp³-hybridized carbons (Fsp3) is 1.00. The van der Waals surface area contributed by atoms with Crippen molar-refractivity contribution in [2.45, 2.75) is 30.9 Å². The van der Waals surface area contributed by atoms with Crippen LogP contribution in [0.1, 0.15) is 12.8 Å². The predicted octanol–water partition coefficient (Wildman–Crippen LogP) is 0.995. The molecular weight excluding hydrogens is 202 g/mol. The molecule has 6 heteroatoms. The normalized spacial score (nSPS) is 36.9. The first-order valence-corrected chi connectivity index (χ1v) is 6.88. The van der Waals surface area contributed by atoms with Gasteiger partial charge in [-0.05, 0) is 12.8 Å². The van der Waals surface area contributed by atoms with Crippen molar-refractivity contribution < 1.29 is 18.9 Å². The summed E-state index contributed by atoms with van der Waals surface area (Å²) in [5, 5.41) is 9.49. The van der Waals surface area contributed by atoms with Crippen LogP contribution in [0.3, 0.4) is 0 Å². The Morgan fingerprint density at radius 3 is 2.64 bits per heavy atom. The van der Waals surface area contributed by atoms with Gasteiger partial charge in [-0.2, -0.15) is 0 Å². The Hall–Kier alpha value is 0.175. The van der Waals surface area contributed by atoms with E-state index in [0.717, 1.165) is 0 Å². The highest BCUT2D eigenvalue weighted by Gasteiger charge is 2.32. The Morgan fingerprint density at radius 1 is 1.57 bits per heavy atom. The lowest BCUT2D eigenvalue weighted by atomic mass is 9.86. The molecule has 1 aliphatic carbocycles. The van der Waals surface area contributed by atoms with Crippen LogP contribution in [0.15, 0.2) is 0 Å². The molecule has 0 amide bonds. The molecule has 1 rings (SSSR count). The van der Waals surface area contributed by atoms with Gasteiger partial charge in [0.05, 0.1) is 20.1 Å². The summed E-state index contributed by atoms with van der Waals surface area (Å²) in [6, 6.07) is 0. The van der Waals surface area contributed by atoms with Gasteiger partial charge in [-0.3, -0.25) is 4.57 Å². The van der Waals surface area contributed by atoms with Crippen molar-refractivity contribution >= 4 is 15.2 Å². The summed E-state index contributed by atoms with van der Waals surface area (Å²) in [4.78, 5) is 0. The Morgan fingerprint density at radius 2 is 2.21 bits per heavy atom. The highest BCUT2D eigenvalue weighted by atomic mass is 31.2. The maximum atomic E-state index is 11.5.